The largest absolute Gasteiger partial charge is 0.442 e. The van der Waals surface area contributed by atoms with Crippen LogP contribution in [0.25, 0.3) is 0 Å². The minimum Gasteiger partial charge on any atom is -0.442 e. The fourth-order valence-electron chi connectivity index (χ4n) is 4.06. The molecule has 128 valence electrons. The Morgan fingerprint density at radius 2 is 2.20 bits per heavy atom. The van der Waals surface area contributed by atoms with Crippen LogP contribution >= 0.6 is 0 Å². The summed E-state index contributed by atoms with van der Waals surface area (Å²) in [5.74, 6) is -0.633. The van der Waals surface area contributed by atoms with E-state index in [0.717, 1.165) is 5.56 Å². The number of likely N-dealkylation sites (N-methyl/N-ethyl adjacent to an activating group) is 1. The van der Waals surface area contributed by atoms with Crippen molar-refractivity contribution in [3.05, 3.63) is 35.4 Å². The number of aromatic nitrogens is 3. The molecule has 0 bridgehead atoms. The number of fused-ring (bicyclic) bond motifs is 5. The van der Waals surface area contributed by atoms with E-state index < -0.39 is 18.0 Å². The summed E-state index contributed by atoms with van der Waals surface area (Å²) >= 11 is 0. The van der Waals surface area contributed by atoms with E-state index in [1.54, 1.807) is 24.1 Å². The fourth-order valence-corrected chi connectivity index (χ4v) is 4.06. The third-order valence-corrected chi connectivity index (χ3v) is 5.21. The lowest BCUT2D eigenvalue weighted by molar-refractivity contribution is -0.117. The number of benzene rings is 1. The Morgan fingerprint density at radius 3 is 2.96 bits per heavy atom. The summed E-state index contributed by atoms with van der Waals surface area (Å²) in [6, 6.07) is 1.10. The van der Waals surface area contributed by atoms with Gasteiger partial charge in [0.05, 0.1) is 36.6 Å². The summed E-state index contributed by atoms with van der Waals surface area (Å²) in [5, 5.41) is 7.66. The van der Waals surface area contributed by atoms with Gasteiger partial charge in [0.15, 0.2) is 0 Å². The van der Waals surface area contributed by atoms with Gasteiger partial charge in [-0.3, -0.25) is 9.69 Å². The highest BCUT2D eigenvalue weighted by molar-refractivity contribution is 6.04. The molecule has 0 radical (unpaired) electrons. The first-order valence-electron chi connectivity index (χ1n) is 7.99. The van der Waals surface area contributed by atoms with E-state index in [-0.39, 0.29) is 18.4 Å². The molecule has 0 saturated carbocycles. The molecule has 9 heteroatoms. The van der Waals surface area contributed by atoms with Crippen LogP contribution in [0, 0.1) is 5.82 Å². The molecule has 5 rings (SSSR count). The van der Waals surface area contributed by atoms with E-state index in [1.165, 1.54) is 15.9 Å². The number of cyclic esters (lactones) is 1. The van der Waals surface area contributed by atoms with Crippen molar-refractivity contribution < 1.29 is 18.7 Å². The van der Waals surface area contributed by atoms with Crippen molar-refractivity contribution in [2.24, 2.45) is 0 Å². The van der Waals surface area contributed by atoms with Gasteiger partial charge in [0.2, 0.25) is 5.91 Å². The van der Waals surface area contributed by atoms with Gasteiger partial charge >= 0.3 is 6.09 Å². The zero-order chi connectivity index (χ0) is 17.3. The SMILES string of the molecule is CN1C(=O)Cc2c3c(cc(F)c21)N1C(=O)O[C@@H](Cn2ccnn2)[C@@H]1C3. The predicted molar refractivity (Wildman–Crippen MR) is 83.8 cm³/mol. The highest BCUT2D eigenvalue weighted by Crippen LogP contribution is 2.46. The predicted octanol–water partition coefficient (Wildman–Crippen LogP) is 0.886. The summed E-state index contributed by atoms with van der Waals surface area (Å²) in [5.41, 5.74) is 2.38. The smallest absolute Gasteiger partial charge is 0.415 e. The second-order valence-corrected chi connectivity index (χ2v) is 6.50. The van der Waals surface area contributed by atoms with E-state index in [9.17, 15) is 14.0 Å². The van der Waals surface area contributed by atoms with Crippen LogP contribution in [-0.4, -0.2) is 46.2 Å². The highest BCUT2D eigenvalue weighted by atomic mass is 19.1. The second-order valence-electron chi connectivity index (χ2n) is 6.50. The molecule has 0 aliphatic carbocycles. The molecule has 1 saturated heterocycles. The average molecular weight is 343 g/mol. The number of rotatable bonds is 2. The molecule has 1 fully saturated rings. The molecule has 0 N–H and O–H groups in total. The van der Waals surface area contributed by atoms with Crippen LogP contribution in [0.5, 0.6) is 0 Å². The Bertz CT molecular complexity index is 913. The molecule has 0 unspecified atom stereocenters. The molecule has 8 nitrogen and oxygen atoms in total. The molecular weight excluding hydrogens is 329 g/mol. The van der Waals surface area contributed by atoms with Crippen LogP contribution in [0.1, 0.15) is 11.1 Å². The molecule has 1 aromatic carbocycles. The van der Waals surface area contributed by atoms with E-state index in [2.05, 4.69) is 10.3 Å². The molecule has 2 atom stereocenters. The third-order valence-electron chi connectivity index (χ3n) is 5.21. The standard InChI is InChI=1S/C16H14FN5O3/c1-20-14(23)5-9-8-4-12-13(7-21-3-2-18-19-21)25-16(24)22(12)11(8)6-10(17)15(9)20/h2-3,6,12-13H,4-5,7H2,1H3/t12-,13-/m0/s1. The molecule has 2 aromatic rings. The van der Waals surface area contributed by atoms with Gasteiger partial charge in [-0.2, -0.15) is 0 Å². The summed E-state index contributed by atoms with van der Waals surface area (Å²) < 4.78 is 21.6. The van der Waals surface area contributed by atoms with Crippen molar-refractivity contribution in [1.29, 1.82) is 0 Å². The van der Waals surface area contributed by atoms with Gasteiger partial charge in [-0.15, -0.1) is 5.10 Å². The van der Waals surface area contributed by atoms with E-state index in [0.29, 0.717) is 29.9 Å². The highest BCUT2D eigenvalue weighted by Gasteiger charge is 2.50. The Labute approximate surface area is 141 Å². The van der Waals surface area contributed by atoms with Crippen LogP contribution in [0.3, 0.4) is 0 Å². The summed E-state index contributed by atoms with van der Waals surface area (Å²) in [6.45, 7) is 0.379. The molecule has 25 heavy (non-hydrogen) atoms. The first kappa shape index (κ1) is 14.4. The van der Waals surface area contributed by atoms with E-state index >= 15 is 0 Å². The first-order valence-corrected chi connectivity index (χ1v) is 7.99. The van der Waals surface area contributed by atoms with Crippen LogP contribution in [-0.2, 0) is 28.9 Å². The third kappa shape index (κ3) is 1.86. The van der Waals surface area contributed by atoms with Gasteiger partial charge in [-0.05, 0) is 17.5 Å². The molecule has 4 heterocycles. The summed E-state index contributed by atoms with van der Waals surface area (Å²) in [6.07, 6.45) is 3.05. The lowest BCUT2D eigenvalue weighted by Gasteiger charge is -2.16. The molecule has 1 aromatic heterocycles. The van der Waals surface area contributed by atoms with Crippen molar-refractivity contribution >= 4 is 23.4 Å². The first-order chi connectivity index (χ1) is 12.0. The molecule has 3 aliphatic rings. The maximum atomic E-state index is 14.6. The average Bonchev–Trinajstić information content (AvgIpc) is 3.30. The monoisotopic (exact) mass is 343 g/mol. The number of hydrogen-bond donors (Lipinski definition) is 0. The van der Waals surface area contributed by atoms with Crippen LogP contribution in [0.2, 0.25) is 0 Å². The van der Waals surface area contributed by atoms with Gasteiger partial charge in [-0.25, -0.2) is 13.9 Å². The van der Waals surface area contributed by atoms with Crippen molar-refractivity contribution in [2.45, 2.75) is 31.5 Å². The van der Waals surface area contributed by atoms with Gasteiger partial charge in [0.25, 0.3) is 0 Å². The minimum absolute atomic E-state index is 0.142. The lowest BCUT2D eigenvalue weighted by atomic mass is 9.98. The van der Waals surface area contributed by atoms with Crippen LogP contribution in [0.15, 0.2) is 18.5 Å². The van der Waals surface area contributed by atoms with Gasteiger partial charge < -0.3 is 9.64 Å². The van der Waals surface area contributed by atoms with Crippen LogP contribution < -0.4 is 9.80 Å². The van der Waals surface area contributed by atoms with Crippen LogP contribution in [0.4, 0.5) is 20.6 Å². The Kier molecular flexibility index (Phi) is 2.75. The van der Waals surface area contributed by atoms with Crippen molar-refractivity contribution in [2.75, 3.05) is 16.8 Å². The number of carbonyl (C=O) groups is 2. The Hall–Kier alpha value is -2.97. The molecule has 2 amide bonds. The molecule has 0 spiro atoms. The number of anilines is 2. The van der Waals surface area contributed by atoms with Gasteiger partial charge in [0, 0.05) is 19.3 Å². The Balaban J connectivity index is 1.55. The van der Waals surface area contributed by atoms with Gasteiger partial charge in [-0.1, -0.05) is 5.21 Å². The zero-order valence-corrected chi connectivity index (χ0v) is 13.3. The fraction of sp³-hybridized carbons (Fsp3) is 0.375. The zero-order valence-electron chi connectivity index (χ0n) is 13.3. The van der Waals surface area contributed by atoms with Gasteiger partial charge in [0.1, 0.15) is 11.9 Å². The number of ether oxygens (including phenoxy) is 1. The second kappa shape index (κ2) is 4.78. The number of carbonyl (C=O) groups excluding carboxylic acids is 2. The quantitative estimate of drug-likeness (QED) is 0.809. The van der Waals surface area contributed by atoms with E-state index in [1.807, 2.05) is 0 Å². The number of hydrogen-bond acceptors (Lipinski definition) is 5. The van der Waals surface area contributed by atoms with Crippen molar-refractivity contribution in [3.8, 4) is 0 Å². The number of nitrogens with zero attached hydrogens (tertiary/aromatic N) is 5. The Morgan fingerprint density at radius 1 is 1.36 bits per heavy atom. The normalized spacial score (nSPS) is 23.8. The maximum Gasteiger partial charge on any atom is 0.415 e. The minimum atomic E-state index is -0.495. The summed E-state index contributed by atoms with van der Waals surface area (Å²) in [4.78, 5) is 27.2. The molecule has 3 aliphatic heterocycles. The van der Waals surface area contributed by atoms with Crippen molar-refractivity contribution in [3.63, 3.8) is 0 Å². The topological polar surface area (TPSA) is 80.6 Å². The van der Waals surface area contributed by atoms with E-state index in [4.69, 9.17) is 4.74 Å². The lowest BCUT2D eigenvalue weighted by Crippen LogP contribution is -2.35. The number of amides is 2. The van der Waals surface area contributed by atoms with Crippen molar-refractivity contribution in [1.82, 2.24) is 15.0 Å². The number of halogens is 1. The maximum absolute atomic E-state index is 14.6. The summed E-state index contributed by atoms with van der Waals surface area (Å²) in [7, 11) is 1.57. The molecular formula is C16H14FN5O3.